The standard InChI is InChI=1S/C14H27NO3SSi/c1-13(2,3)19-10-9(12(17)18)15(11(10)16)20(7,8)14(4,5)6/h9-10H,1-8H3,(H,17,18)/t9-,10+/m0/s1. The maximum absolute atomic E-state index is 12.5. The number of aliphatic carboxylic acids is 1. The predicted octanol–water partition coefficient (Wildman–Crippen LogP) is 3.19. The number of carboxylic acids is 1. The van der Waals surface area contributed by atoms with Crippen LogP contribution in [0.25, 0.3) is 0 Å². The van der Waals surface area contributed by atoms with Gasteiger partial charge < -0.3 is 9.67 Å². The summed E-state index contributed by atoms with van der Waals surface area (Å²) in [5.41, 5.74) is 0. The molecule has 6 heteroatoms. The molecule has 20 heavy (non-hydrogen) atoms. The van der Waals surface area contributed by atoms with E-state index in [-0.39, 0.29) is 15.7 Å². The van der Waals surface area contributed by atoms with E-state index in [1.165, 1.54) is 11.8 Å². The van der Waals surface area contributed by atoms with Crippen molar-refractivity contribution >= 4 is 31.9 Å². The van der Waals surface area contributed by atoms with Gasteiger partial charge in [0.05, 0.1) is 0 Å². The van der Waals surface area contributed by atoms with Gasteiger partial charge in [0.2, 0.25) is 5.91 Å². The molecule has 1 saturated heterocycles. The maximum atomic E-state index is 12.5. The van der Waals surface area contributed by atoms with Gasteiger partial charge in [-0.1, -0.05) is 54.6 Å². The molecule has 1 fully saturated rings. The third-order valence-corrected chi connectivity index (χ3v) is 11.0. The van der Waals surface area contributed by atoms with Crippen LogP contribution in [0.5, 0.6) is 0 Å². The minimum atomic E-state index is -2.14. The van der Waals surface area contributed by atoms with Crippen molar-refractivity contribution in [2.75, 3.05) is 0 Å². The smallest absolute Gasteiger partial charge is 0.327 e. The Morgan fingerprint density at radius 1 is 1.20 bits per heavy atom. The molecule has 1 heterocycles. The number of rotatable bonds is 3. The Bertz CT molecular complexity index is 423. The molecule has 0 radical (unpaired) electrons. The second kappa shape index (κ2) is 5.05. The van der Waals surface area contributed by atoms with E-state index in [0.717, 1.165) is 0 Å². The highest BCUT2D eigenvalue weighted by Crippen LogP contribution is 2.47. The molecule has 4 nitrogen and oxygen atoms in total. The lowest BCUT2D eigenvalue weighted by atomic mass is 10.1. The number of thioether (sulfide) groups is 1. The third kappa shape index (κ3) is 3.06. The molecule has 1 aliphatic rings. The monoisotopic (exact) mass is 317 g/mol. The molecule has 1 N–H and O–H groups in total. The summed E-state index contributed by atoms with van der Waals surface area (Å²) >= 11 is 1.47. The molecule has 0 aromatic carbocycles. The van der Waals surface area contributed by atoms with E-state index in [9.17, 15) is 14.7 Å². The van der Waals surface area contributed by atoms with E-state index in [0.29, 0.717) is 0 Å². The summed E-state index contributed by atoms with van der Waals surface area (Å²) < 4.78 is 1.58. The summed E-state index contributed by atoms with van der Waals surface area (Å²) in [6.45, 7) is 16.5. The molecule has 0 bridgehead atoms. The number of carbonyl (C=O) groups is 2. The van der Waals surface area contributed by atoms with Crippen LogP contribution in [0.1, 0.15) is 41.5 Å². The first-order chi connectivity index (χ1) is 8.70. The Morgan fingerprint density at radius 2 is 1.65 bits per heavy atom. The van der Waals surface area contributed by atoms with Crippen LogP contribution >= 0.6 is 11.8 Å². The van der Waals surface area contributed by atoms with Crippen molar-refractivity contribution in [1.82, 2.24) is 4.57 Å². The van der Waals surface area contributed by atoms with E-state index in [1.54, 1.807) is 4.57 Å². The van der Waals surface area contributed by atoms with E-state index in [2.05, 4.69) is 33.9 Å². The molecule has 0 aliphatic carbocycles. The van der Waals surface area contributed by atoms with E-state index < -0.39 is 25.5 Å². The first kappa shape index (κ1) is 17.6. The summed E-state index contributed by atoms with van der Waals surface area (Å²) in [7, 11) is -2.14. The fraction of sp³-hybridized carbons (Fsp3) is 0.857. The number of carboxylic acid groups (broad SMARTS) is 1. The number of amides is 1. The van der Waals surface area contributed by atoms with Crippen molar-refractivity contribution < 1.29 is 14.7 Å². The number of β-lactam (4-membered cyclic amide) rings is 1. The number of hydrogen-bond donors (Lipinski definition) is 1. The fourth-order valence-electron chi connectivity index (χ4n) is 2.18. The topological polar surface area (TPSA) is 57.6 Å². The first-order valence-electron chi connectivity index (χ1n) is 6.94. The van der Waals surface area contributed by atoms with Crippen LogP contribution in [-0.4, -0.2) is 45.8 Å². The molecule has 0 saturated carbocycles. The van der Waals surface area contributed by atoms with Crippen molar-refractivity contribution in [2.45, 2.75) is 75.7 Å². The van der Waals surface area contributed by atoms with E-state index in [1.807, 2.05) is 20.8 Å². The van der Waals surface area contributed by atoms with Gasteiger partial charge in [-0.3, -0.25) is 4.79 Å². The van der Waals surface area contributed by atoms with Crippen molar-refractivity contribution in [3.05, 3.63) is 0 Å². The molecule has 0 aromatic rings. The minimum absolute atomic E-state index is 0.00363. The van der Waals surface area contributed by atoms with Crippen molar-refractivity contribution in [3.63, 3.8) is 0 Å². The van der Waals surface area contributed by atoms with Crippen molar-refractivity contribution in [1.29, 1.82) is 0 Å². The Morgan fingerprint density at radius 3 is 1.95 bits per heavy atom. The van der Waals surface area contributed by atoms with Gasteiger partial charge in [-0.05, 0) is 5.04 Å². The van der Waals surface area contributed by atoms with Crippen LogP contribution in [0.3, 0.4) is 0 Å². The van der Waals surface area contributed by atoms with E-state index in [4.69, 9.17) is 0 Å². The SMILES string of the molecule is CC(C)(C)S[C@H]1C(=O)N([Si](C)(C)C(C)(C)C)[C@@H]1C(=O)O. The summed E-state index contributed by atoms with van der Waals surface area (Å²) in [4.78, 5) is 24.1. The van der Waals surface area contributed by atoms with Crippen LogP contribution in [-0.2, 0) is 9.59 Å². The van der Waals surface area contributed by atoms with Gasteiger partial charge in [-0.2, -0.15) is 0 Å². The van der Waals surface area contributed by atoms with Crippen LogP contribution in [0.2, 0.25) is 18.1 Å². The second-order valence-corrected chi connectivity index (χ2v) is 15.0. The molecule has 0 spiro atoms. The van der Waals surface area contributed by atoms with Crippen LogP contribution in [0.15, 0.2) is 0 Å². The Labute approximate surface area is 127 Å². The molecule has 1 rings (SSSR count). The lowest BCUT2D eigenvalue weighted by Gasteiger charge is -2.57. The molecule has 2 atom stereocenters. The number of hydrogen-bond acceptors (Lipinski definition) is 3. The highest BCUT2D eigenvalue weighted by molar-refractivity contribution is 8.02. The molecule has 0 aromatic heterocycles. The van der Waals surface area contributed by atoms with Crippen LogP contribution in [0.4, 0.5) is 0 Å². The molecule has 1 amide bonds. The summed E-state index contributed by atoms with van der Waals surface area (Å²) in [6.07, 6.45) is 0. The fourth-order valence-corrected chi connectivity index (χ4v) is 6.10. The zero-order valence-electron chi connectivity index (χ0n) is 13.8. The first-order valence-corrected chi connectivity index (χ1v) is 10.8. The van der Waals surface area contributed by atoms with Gasteiger partial charge in [-0.25, -0.2) is 4.79 Å². The third-order valence-electron chi connectivity index (χ3n) is 4.22. The summed E-state index contributed by atoms with van der Waals surface area (Å²) in [5, 5.41) is 9.04. The van der Waals surface area contributed by atoms with Crippen LogP contribution < -0.4 is 0 Å². The lowest BCUT2D eigenvalue weighted by molar-refractivity contribution is -0.155. The molecule has 1 aliphatic heterocycles. The average molecular weight is 318 g/mol. The largest absolute Gasteiger partial charge is 0.480 e. The van der Waals surface area contributed by atoms with Gasteiger partial charge in [0.1, 0.15) is 11.3 Å². The quantitative estimate of drug-likeness (QED) is 0.641. The Hall–Kier alpha value is -0.493. The van der Waals surface area contributed by atoms with Gasteiger partial charge in [0, 0.05) is 4.75 Å². The van der Waals surface area contributed by atoms with E-state index >= 15 is 0 Å². The molecular formula is C14H27NO3SSi. The normalized spacial score (nSPS) is 24.6. The maximum Gasteiger partial charge on any atom is 0.327 e. The molecule has 116 valence electrons. The summed E-state index contributed by atoms with van der Waals surface area (Å²) in [5.74, 6) is -0.875. The van der Waals surface area contributed by atoms with Gasteiger partial charge >= 0.3 is 5.97 Å². The molecular weight excluding hydrogens is 290 g/mol. The highest BCUT2D eigenvalue weighted by Gasteiger charge is 2.60. The highest BCUT2D eigenvalue weighted by atomic mass is 32.2. The number of nitrogens with zero attached hydrogens (tertiary/aromatic N) is 1. The van der Waals surface area contributed by atoms with Gasteiger partial charge in [0.15, 0.2) is 8.24 Å². The predicted molar refractivity (Wildman–Crippen MR) is 86.6 cm³/mol. The van der Waals surface area contributed by atoms with Crippen molar-refractivity contribution in [3.8, 4) is 0 Å². The van der Waals surface area contributed by atoms with Crippen LogP contribution in [0, 0.1) is 0 Å². The van der Waals surface area contributed by atoms with Gasteiger partial charge in [-0.15, -0.1) is 11.8 Å². The zero-order valence-corrected chi connectivity index (χ0v) is 15.6. The molecule has 0 unspecified atom stereocenters. The van der Waals surface area contributed by atoms with Gasteiger partial charge in [0.25, 0.3) is 0 Å². The second-order valence-electron chi connectivity index (χ2n) is 7.95. The lowest BCUT2D eigenvalue weighted by Crippen LogP contribution is -2.76. The average Bonchev–Trinajstić information content (AvgIpc) is 2.18. The number of carbonyl (C=O) groups excluding carboxylic acids is 1. The Kier molecular flexibility index (Phi) is 4.44. The summed E-state index contributed by atoms with van der Waals surface area (Å²) in [6, 6.07) is -0.674. The Balaban J connectivity index is 3.08. The minimum Gasteiger partial charge on any atom is -0.480 e. The van der Waals surface area contributed by atoms with Crippen molar-refractivity contribution in [2.24, 2.45) is 0 Å². The zero-order chi connectivity index (χ0) is 16.1.